The van der Waals surface area contributed by atoms with Gasteiger partial charge in [-0.2, -0.15) is 0 Å². The lowest BCUT2D eigenvalue weighted by Crippen LogP contribution is -2.24. The normalized spacial score (nSPS) is 18.8. The molecule has 1 unspecified atom stereocenters. The Labute approximate surface area is 124 Å². The van der Waals surface area contributed by atoms with Crippen LogP contribution in [0.1, 0.15) is 16.8 Å². The van der Waals surface area contributed by atoms with E-state index in [1.807, 2.05) is 0 Å². The molecule has 1 aliphatic rings. The van der Waals surface area contributed by atoms with Crippen LogP contribution in [-0.4, -0.2) is 31.4 Å². The second-order valence-electron chi connectivity index (χ2n) is 4.38. The number of methoxy groups -OCH3 is 1. The third-order valence-corrected chi connectivity index (χ3v) is 4.19. The van der Waals surface area contributed by atoms with Crippen LogP contribution in [-0.2, 0) is 9.53 Å². The number of halogens is 2. The molecule has 6 heteroatoms. The van der Waals surface area contributed by atoms with E-state index >= 15 is 0 Å². The SMILES string of the molecule is COC(=O)c1ccc(N2CC(CCl)CC2=O)cc1Br. The first-order valence-electron chi connectivity index (χ1n) is 5.81. The third-order valence-electron chi connectivity index (χ3n) is 3.09. The lowest BCUT2D eigenvalue weighted by molar-refractivity contribution is -0.117. The zero-order chi connectivity index (χ0) is 14.0. The van der Waals surface area contributed by atoms with E-state index in [1.165, 1.54) is 7.11 Å². The summed E-state index contributed by atoms with van der Waals surface area (Å²) in [7, 11) is 1.33. The van der Waals surface area contributed by atoms with Crippen molar-refractivity contribution in [2.24, 2.45) is 5.92 Å². The number of benzene rings is 1. The number of anilines is 1. The first-order chi connectivity index (χ1) is 9.06. The molecule has 102 valence electrons. The van der Waals surface area contributed by atoms with Crippen molar-refractivity contribution in [2.75, 3.05) is 24.4 Å². The lowest BCUT2D eigenvalue weighted by atomic mass is 10.1. The van der Waals surface area contributed by atoms with Crippen LogP contribution < -0.4 is 4.90 Å². The second kappa shape index (κ2) is 5.92. The van der Waals surface area contributed by atoms with E-state index in [0.717, 1.165) is 5.69 Å². The van der Waals surface area contributed by atoms with Crippen molar-refractivity contribution < 1.29 is 14.3 Å². The van der Waals surface area contributed by atoms with Crippen LogP contribution in [0.5, 0.6) is 0 Å². The Morgan fingerprint density at radius 1 is 1.58 bits per heavy atom. The maximum Gasteiger partial charge on any atom is 0.339 e. The van der Waals surface area contributed by atoms with Crippen molar-refractivity contribution in [3.05, 3.63) is 28.2 Å². The van der Waals surface area contributed by atoms with Crippen molar-refractivity contribution in [3.8, 4) is 0 Å². The molecule has 19 heavy (non-hydrogen) atoms. The first-order valence-corrected chi connectivity index (χ1v) is 7.13. The molecule has 0 spiro atoms. The van der Waals surface area contributed by atoms with E-state index in [0.29, 0.717) is 28.9 Å². The number of alkyl halides is 1. The molecule has 1 heterocycles. The van der Waals surface area contributed by atoms with Crippen LogP contribution in [0.4, 0.5) is 5.69 Å². The average Bonchev–Trinajstić information content (AvgIpc) is 2.79. The molecule has 1 fully saturated rings. The third kappa shape index (κ3) is 2.92. The van der Waals surface area contributed by atoms with Crippen LogP contribution in [0.15, 0.2) is 22.7 Å². The minimum absolute atomic E-state index is 0.0587. The molecule has 0 aliphatic carbocycles. The number of ether oxygens (including phenoxy) is 1. The van der Waals surface area contributed by atoms with E-state index in [1.54, 1.807) is 23.1 Å². The maximum absolute atomic E-state index is 11.9. The monoisotopic (exact) mass is 345 g/mol. The Morgan fingerprint density at radius 2 is 2.32 bits per heavy atom. The van der Waals surface area contributed by atoms with Crippen LogP contribution in [0.3, 0.4) is 0 Å². The summed E-state index contributed by atoms with van der Waals surface area (Å²) in [6.45, 7) is 0.617. The lowest BCUT2D eigenvalue weighted by Gasteiger charge is -2.17. The molecule has 1 aromatic carbocycles. The summed E-state index contributed by atoms with van der Waals surface area (Å²) in [6.07, 6.45) is 0.472. The van der Waals surface area contributed by atoms with Crippen molar-refractivity contribution in [1.82, 2.24) is 0 Å². The Bertz CT molecular complexity index is 521. The smallest absolute Gasteiger partial charge is 0.339 e. The molecule has 0 bridgehead atoms. The first kappa shape index (κ1) is 14.3. The molecule has 0 N–H and O–H groups in total. The fraction of sp³-hybridized carbons (Fsp3) is 0.385. The highest BCUT2D eigenvalue weighted by molar-refractivity contribution is 9.10. The van der Waals surface area contributed by atoms with E-state index in [2.05, 4.69) is 20.7 Å². The number of rotatable bonds is 3. The topological polar surface area (TPSA) is 46.6 Å². The van der Waals surface area contributed by atoms with Crippen LogP contribution in [0.25, 0.3) is 0 Å². The van der Waals surface area contributed by atoms with E-state index < -0.39 is 5.97 Å². The van der Waals surface area contributed by atoms with Gasteiger partial charge in [-0.05, 0) is 40.0 Å². The minimum Gasteiger partial charge on any atom is -0.465 e. The molecule has 1 atom stereocenters. The molecule has 1 aliphatic heterocycles. The number of amides is 1. The number of nitrogens with zero attached hydrogens (tertiary/aromatic N) is 1. The average molecular weight is 347 g/mol. The predicted octanol–water partition coefficient (Wildman–Crippen LogP) is 2.83. The van der Waals surface area contributed by atoms with Crippen molar-refractivity contribution in [1.29, 1.82) is 0 Å². The molecular weight excluding hydrogens is 334 g/mol. The van der Waals surface area contributed by atoms with Gasteiger partial charge in [-0.3, -0.25) is 4.79 Å². The highest BCUT2D eigenvalue weighted by Gasteiger charge is 2.30. The van der Waals surface area contributed by atoms with Crippen molar-refractivity contribution in [2.45, 2.75) is 6.42 Å². The van der Waals surface area contributed by atoms with Gasteiger partial charge < -0.3 is 9.64 Å². The van der Waals surface area contributed by atoms with E-state index in [9.17, 15) is 9.59 Å². The molecule has 1 saturated heterocycles. The molecular formula is C13H13BrClNO3. The van der Waals surface area contributed by atoms with Gasteiger partial charge in [-0.25, -0.2) is 4.79 Å². The Hall–Kier alpha value is -1.07. The van der Waals surface area contributed by atoms with Gasteiger partial charge >= 0.3 is 5.97 Å². The molecule has 0 saturated carbocycles. The molecule has 1 aromatic rings. The van der Waals surface area contributed by atoms with E-state index in [4.69, 9.17) is 11.6 Å². The zero-order valence-electron chi connectivity index (χ0n) is 10.4. The summed E-state index contributed by atoms with van der Waals surface area (Å²) in [6, 6.07) is 5.14. The molecule has 0 aromatic heterocycles. The number of hydrogen-bond acceptors (Lipinski definition) is 3. The summed E-state index contributed by atoms with van der Waals surface area (Å²) in [5.41, 5.74) is 1.20. The number of carbonyl (C=O) groups is 2. The van der Waals surface area contributed by atoms with Crippen LogP contribution in [0.2, 0.25) is 0 Å². The van der Waals surface area contributed by atoms with Crippen molar-refractivity contribution >= 4 is 45.1 Å². The summed E-state index contributed by atoms with van der Waals surface area (Å²) in [4.78, 5) is 25.1. The van der Waals surface area contributed by atoms with Gasteiger partial charge in [-0.1, -0.05) is 0 Å². The van der Waals surface area contributed by atoms with Gasteiger partial charge in [0.2, 0.25) is 5.91 Å². The Kier molecular flexibility index (Phi) is 4.47. The molecule has 1 amide bonds. The fourth-order valence-electron chi connectivity index (χ4n) is 2.08. The van der Waals surface area contributed by atoms with Gasteiger partial charge in [0.1, 0.15) is 0 Å². The summed E-state index contributed by atoms with van der Waals surface area (Å²) >= 11 is 9.12. The number of carbonyl (C=O) groups excluding carboxylic acids is 2. The van der Waals surface area contributed by atoms with Crippen LogP contribution >= 0.6 is 27.5 Å². The summed E-state index contributed by atoms with van der Waals surface area (Å²) < 4.78 is 5.28. The van der Waals surface area contributed by atoms with Gasteiger partial charge in [-0.15, -0.1) is 11.6 Å². The Morgan fingerprint density at radius 3 is 2.84 bits per heavy atom. The zero-order valence-corrected chi connectivity index (χ0v) is 12.7. The van der Waals surface area contributed by atoms with Crippen LogP contribution in [0, 0.1) is 5.92 Å². The second-order valence-corrected chi connectivity index (χ2v) is 5.55. The van der Waals surface area contributed by atoms with Crippen molar-refractivity contribution in [3.63, 3.8) is 0 Å². The quantitative estimate of drug-likeness (QED) is 0.624. The van der Waals surface area contributed by atoms with Gasteiger partial charge in [0, 0.05) is 29.0 Å². The largest absolute Gasteiger partial charge is 0.465 e. The Balaban J connectivity index is 2.25. The molecule has 4 nitrogen and oxygen atoms in total. The maximum atomic E-state index is 11.9. The molecule has 0 radical (unpaired) electrons. The molecule has 2 rings (SSSR count). The summed E-state index contributed by atoms with van der Waals surface area (Å²) in [5, 5.41) is 0. The fourth-order valence-corrected chi connectivity index (χ4v) is 2.82. The highest BCUT2D eigenvalue weighted by Crippen LogP contribution is 2.29. The standard InChI is InChI=1S/C13H13BrClNO3/c1-19-13(18)10-3-2-9(5-11(10)14)16-7-8(6-15)4-12(16)17/h2-3,5,8H,4,6-7H2,1H3. The minimum atomic E-state index is -0.412. The predicted molar refractivity (Wildman–Crippen MR) is 76.7 cm³/mol. The summed E-state index contributed by atoms with van der Waals surface area (Å²) in [5.74, 6) is 0.310. The van der Waals surface area contributed by atoms with Gasteiger partial charge in [0.05, 0.1) is 12.7 Å². The number of esters is 1. The highest BCUT2D eigenvalue weighted by atomic mass is 79.9. The van der Waals surface area contributed by atoms with Gasteiger partial charge in [0.15, 0.2) is 0 Å². The van der Waals surface area contributed by atoms with Gasteiger partial charge in [0.25, 0.3) is 0 Å². The van der Waals surface area contributed by atoms with E-state index in [-0.39, 0.29) is 11.8 Å². The number of hydrogen-bond donors (Lipinski definition) is 0.